The van der Waals surface area contributed by atoms with Gasteiger partial charge in [0.15, 0.2) is 0 Å². The zero-order valence-electron chi connectivity index (χ0n) is 9.56. The largest absolute Gasteiger partial charge is 0.465 e. The van der Waals surface area contributed by atoms with E-state index in [1.54, 1.807) is 4.57 Å². The molecule has 0 aliphatic heterocycles. The van der Waals surface area contributed by atoms with Crippen LogP contribution in [0.15, 0.2) is 16.2 Å². The zero-order chi connectivity index (χ0) is 11.7. The second-order valence-electron chi connectivity index (χ2n) is 3.73. The van der Waals surface area contributed by atoms with Crippen molar-refractivity contribution in [1.29, 1.82) is 0 Å². The summed E-state index contributed by atoms with van der Waals surface area (Å²) in [5.74, 6) is 0. The van der Waals surface area contributed by atoms with Crippen molar-refractivity contribution in [3.8, 4) is 6.01 Å². The van der Waals surface area contributed by atoms with Crippen molar-refractivity contribution in [1.82, 2.24) is 9.55 Å². The molecule has 0 unspecified atom stereocenters. The van der Waals surface area contributed by atoms with E-state index in [0.717, 1.165) is 5.52 Å². The highest BCUT2D eigenvalue weighted by Gasteiger charge is 2.14. The number of rotatable bonds is 3. The number of nitrogens with zero attached hydrogens (tertiary/aromatic N) is 2. The van der Waals surface area contributed by atoms with E-state index >= 15 is 0 Å². The summed E-state index contributed by atoms with van der Waals surface area (Å²) < 4.78 is 7.70. The lowest BCUT2D eigenvalue weighted by atomic mass is 10.3. The number of hydrogen-bond donors (Lipinski definition) is 0. The monoisotopic (exact) mass is 238 g/mol. The maximum absolute atomic E-state index is 12.2. The van der Waals surface area contributed by atoms with E-state index in [-0.39, 0.29) is 11.6 Å². The number of thiophene rings is 1. The smallest absolute Gasteiger partial charge is 0.300 e. The highest BCUT2D eigenvalue weighted by atomic mass is 32.1. The maximum atomic E-state index is 12.2. The topological polar surface area (TPSA) is 44.1 Å². The van der Waals surface area contributed by atoms with E-state index in [9.17, 15) is 4.79 Å². The molecule has 0 spiro atoms. The molecule has 0 atom stereocenters. The zero-order valence-corrected chi connectivity index (χ0v) is 10.4. The molecule has 0 aliphatic rings. The van der Waals surface area contributed by atoms with Gasteiger partial charge < -0.3 is 4.74 Å². The number of hydrogen-bond acceptors (Lipinski definition) is 4. The van der Waals surface area contributed by atoms with Gasteiger partial charge in [-0.15, -0.1) is 11.3 Å². The first-order valence-corrected chi connectivity index (χ1v) is 6.15. The van der Waals surface area contributed by atoms with E-state index in [0.29, 0.717) is 17.3 Å². The third kappa shape index (κ3) is 1.71. The van der Waals surface area contributed by atoms with E-state index in [1.807, 2.05) is 32.2 Å². The van der Waals surface area contributed by atoms with E-state index in [2.05, 4.69) is 4.98 Å². The highest BCUT2D eigenvalue weighted by Crippen LogP contribution is 2.20. The number of ether oxygens (including phenoxy) is 1. The van der Waals surface area contributed by atoms with Crippen LogP contribution in [0.25, 0.3) is 10.2 Å². The van der Waals surface area contributed by atoms with Gasteiger partial charge in [-0.05, 0) is 32.2 Å². The molecule has 5 heteroatoms. The lowest BCUT2D eigenvalue weighted by Gasteiger charge is -2.14. The fourth-order valence-corrected chi connectivity index (χ4v) is 2.36. The van der Waals surface area contributed by atoms with Gasteiger partial charge in [0.05, 0.1) is 12.1 Å². The number of fused-ring (bicyclic) bond motifs is 1. The molecule has 16 heavy (non-hydrogen) atoms. The molecule has 0 radical (unpaired) electrons. The molecular weight excluding hydrogens is 224 g/mol. The minimum Gasteiger partial charge on any atom is -0.465 e. The molecule has 0 saturated heterocycles. The van der Waals surface area contributed by atoms with Gasteiger partial charge in [-0.3, -0.25) is 9.36 Å². The molecule has 0 fully saturated rings. The third-order valence-electron chi connectivity index (χ3n) is 2.27. The quantitative estimate of drug-likeness (QED) is 0.825. The van der Waals surface area contributed by atoms with Gasteiger partial charge in [-0.1, -0.05) is 0 Å². The SMILES string of the molecule is CCOc1nc2ccsc2c(=O)n1C(C)C. The average Bonchev–Trinajstić information content (AvgIpc) is 2.65. The Morgan fingerprint density at radius 2 is 2.31 bits per heavy atom. The van der Waals surface area contributed by atoms with Crippen molar-refractivity contribution < 1.29 is 4.74 Å². The van der Waals surface area contributed by atoms with Crippen LogP contribution < -0.4 is 10.3 Å². The molecule has 0 amide bonds. The summed E-state index contributed by atoms with van der Waals surface area (Å²) in [7, 11) is 0. The summed E-state index contributed by atoms with van der Waals surface area (Å²) in [6.45, 7) is 6.29. The van der Waals surface area contributed by atoms with Crippen molar-refractivity contribution in [2.75, 3.05) is 6.61 Å². The van der Waals surface area contributed by atoms with Gasteiger partial charge in [0.2, 0.25) is 0 Å². The van der Waals surface area contributed by atoms with Crippen LogP contribution >= 0.6 is 11.3 Å². The second-order valence-corrected chi connectivity index (χ2v) is 4.65. The first-order chi connectivity index (χ1) is 7.65. The molecular formula is C11H14N2O2S. The van der Waals surface area contributed by atoms with Gasteiger partial charge in [0.25, 0.3) is 11.6 Å². The minimum absolute atomic E-state index is 0.0153. The van der Waals surface area contributed by atoms with Crippen LogP contribution in [0, 0.1) is 0 Å². The van der Waals surface area contributed by atoms with Gasteiger partial charge in [-0.25, -0.2) is 0 Å². The first kappa shape index (κ1) is 11.1. The molecule has 2 aromatic rings. The van der Waals surface area contributed by atoms with Crippen LogP contribution in [-0.2, 0) is 0 Å². The van der Waals surface area contributed by atoms with E-state index in [4.69, 9.17) is 4.74 Å². The Bertz CT molecular complexity index is 557. The second kappa shape index (κ2) is 4.25. The van der Waals surface area contributed by atoms with Crippen LogP contribution in [0.1, 0.15) is 26.8 Å². The summed E-state index contributed by atoms with van der Waals surface area (Å²) in [4.78, 5) is 16.5. The van der Waals surface area contributed by atoms with Crippen LogP contribution in [0.4, 0.5) is 0 Å². The van der Waals surface area contributed by atoms with Crippen LogP contribution in [-0.4, -0.2) is 16.2 Å². The molecule has 0 N–H and O–H groups in total. The Morgan fingerprint density at radius 3 is 2.94 bits per heavy atom. The predicted octanol–water partition coefficient (Wildman–Crippen LogP) is 2.44. The van der Waals surface area contributed by atoms with Crippen molar-refractivity contribution >= 4 is 21.6 Å². The predicted molar refractivity (Wildman–Crippen MR) is 65.4 cm³/mol. The maximum Gasteiger partial charge on any atom is 0.300 e. The summed E-state index contributed by atoms with van der Waals surface area (Å²) in [5, 5.41) is 1.87. The standard InChI is InChI=1S/C11H14N2O2S/c1-4-15-11-12-8-5-6-16-9(8)10(14)13(11)7(2)3/h5-7H,4H2,1-3H3. The fourth-order valence-electron chi connectivity index (χ4n) is 1.59. The number of aromatic nitrogens is 2. The molecule has 0 aliphatic carbocycles. The van der Waals surface area contributed by atoms with Gasteiger partial charge in [0.1, 0.15) is 4.70 Å². The van der Waals surface area contributed by atoms with E-state index in [1.165, 1.54) is 11.3 Å². The molecule has 2 aromatic heterocycles. The average molecular weight is 238 g/mol. The summed E-state index contributed by atoms with van der Waals surface area (Å²) in [6, 6.07) is 2.30. The lowest BCUT2D eigenvalue weighted by molar-refractivity contribution is 0.283. The third-order valence-corrected chi connectivity index (χ3v) is 3.16. The first-order valence-electron chi connectivity index (χ1n) is 5.27. The van der Waals surface area contributed by atoms with Gasteiger partial charge in [-0.2, -0.15) is 4.98 Å². The Hall–Kier alpha value is -1.36. The normalized spacial score (nSPS) is 11.2. The molecule has 0 aromatic carbocycles. The van der Waals surface area contributed by atoms with Crippen LogP contribution in [0.3, 0.4) is 0 Å². The van der Waals surface area contributed by atoms with Crippen molar-refractivity contribution in [3.63, 3.8) is 0 Å². The minimum atomic E-state index is -0.0153. The Kier molecular flexibility index (Phi) is 2.96. The fraction of sp³-hybridized carbons (Fsp3) is 0.455. The lowest BCUT2D eigenvalue weighted by Crippen LogP contribution is -2.24. The van der Waals surface area contributed by atoms with E-state index < -0.39 is 0 Å². The molecule has 2 rings (SSSR count). The van der Waals surface area contributed by atoms with Gasteiger partial charge >= 0.3 is 0 Å². The summed E-state index contributed by atoms with van der Waals surface area (Å²) in [6.07, 6.45) is 0. The Morgan fingerprint density at radius 1 is 1.56 bits per heavy atom. The Balaban J connectivity index is 2.75. The van der Waals surface area contributed by atoms with Crippen LogP contribution in [0.2, 0.25) is 0 Å². The Labute approximate surface area is 97.5 Å². The van der Waals surface area contributed by atoms with Crippen molar-refractivity contribution in [3.05, 3.63) is 21.8 Å². The molecule has 0 saturated carbocycles. The summed E-state index contributed by atoms with van der Waals surface area (Å²) >= 11 is 1.42. The molecule has 86 valence electrons. The summed E-state index contributed by atoms with van der Waals surface area (Å²) in [5.41, 5.74) is 0.703. The van der Waals surface area contributed by atoms with Crippen molar-refractivity contribution in [2.45, 2.75) is 26.8 Å². The van der Waals surface area contributed by atoms with Crippen LogP contribution in [0.5, 0.6) is 6.01 Å². The highest BCUT2D eigenvalue weighted by molar-refractivity contribution is 7.17. The molecule has 0 bridgehead atoms. The van der Waals surface area contributed by atoms with Crippen molar-refractivity contribution in [2.24, 2.45) is 0 Å². The molecule has 2 heterocycles. The van der Waals surface area contributed by atoms with Gasteiger partial charge in [0, 0.05) is 6.04 Å². The molecule has 4 nitrogen and oxygen atoms in total.